The summed E-state index contributed by atoms with van der Waals surface area (Å²) in [6, 6.07) is 5.48. The predicted molar refractivity (Wildman–Crippen MR) is 78.8 cm³/mol. The maximum atomic E-state index is 10.6. The number of carboxylic acid groups (broad SMARTS) is 1. The summed E-state index contributed by atoms with van der Waals surface area (Å²) in [6.07, 6.45) is 0.625. The van der Waals surface area contributed by atoms with Gasteiger partial charge in [-0.25, -0.2) is 4.98 Å². The number of ether oxygens (including phenoxy) is 1. The number of aryl methyl sites for hydroxylation is 1. The zero-order valence-electron chi connectivity index (χ0n) is 10.9. The minimum absolute atomic E-state index is 0.0341. The van der Waals surface area contributed by atoms with Crippen LogP contribution >= 0.6 is 22.9 Å². The molecule has 0 unspecified atom stereocenters. The van der Waals surface area contributed by atoms with Crippen LogP contribution in [0, 0.1) is 6.92 Å². The maximum Gasteiger partial charge on any atom is 0.309 e. The molecule has 0 amide bonds. The molecule has 1 aromatic heterocycles. The Hall–Kier alpha value is -1.59. The summed E-state index contributed by atoms with van der Waals surface area (Å²) in [4.78, 5) is 14.8. The normalized spacial score (nSPS) is 10.5. The number of aliphatic carboxylic acids is 1. The second-order valence-electron chi connectivity index (χ2n) is 4.31. The summed E-state index contributed by atoms with van der Waals surface area (Å²) < 4.78 is 5.68. The molecule has 0 fully saturated rings. The molecule has 1 heterocycles. The molecule has 0 aliphatic carbocycles. The number of rotatable bonds is 6. The van der Waals surface area contributed by atoms with Crippen molar-refractivity contribution in [2.45, 2.75) is 19.8 Å². The molecule has 20 heavy (non-hydrogen) atoms. The van der Waals surface area contributed by atoms with Crippen LogP contribution < -0.4 is 4.74 Å². The third-order valence-corrected chi connectivity index (χ3v) is 3.83. The van der Waals surface area contributed by atoms with Crippen molar-refractivity contribution in [2.75, 3.05) is 6.61 Å². The molecule has 0 radical (unpaired) electrons. The fraction of sp³-hybridized carbons (Fsp3) is 0.286. The lowest BCUT2D eigenvalue weighted by molar-refractivity contribution is -0.136. The quantitative estimate of drug-likeness (QED) is 0.888. The van der Waals surface area contributed by atoms with Crippen molar-refractivity contribution >= 4 is 28.9 Å². The lowest BCUT2D eigenvalue weighted by Crippen LogP contribution is -2.03. The van der Waals surface area contributed by atoms with E-state index in [1.165, 1.54) is 11.3 Å². The van der Waals surface area contributed by atoms with Crippen LogP contribution in [0.2, 0.25) is 5.02 Å². The van der Waals surface area contributed by atoms with Gasteiger partial charge in [-0.05, 0) is 30.7 Å². The monoisotopic (exact) mass is 311 g/mol. The van der Waals surface area contributed by atoms with Crippen molar-refractivity contribution in [1.82, 2.24) is 4.98 Å². The smallest absolute Gasteiger partial charge is 0.309 e. The molecule has 0 atom stereocenters. The van der Waals surface area contributed by atoms with Gasteiger partial charge in [-0.3, -0.25) is 4.79 Å². The van der Waals surface area contributed by atoms with E-state index < -0.39 is 5.97 Å². The first-order valence-corrected chi connectivity index (χ1v) is 7.34. The highest BCUT2D eigenvalue weighted by molar-refractivity contribution is 7.09. The number of benzene rings is 1. The van der Waals surface area contributed by atoms with Gasteiger partial charge < -0.3 is 9.84 Å². The summed E-state index contributed by atoms with van der Waals surface area (Å²) in [5, 5.41) is 12.0. The number of nitrogens with zero attached hydrogens (tertiary/aromatic N) is 1. The fourth-order valence-electron chi connectivity index (χ4n) is 1.72. The van der Waals surface area contributed by atoms with Crippen molar-refractivity contribution in [1.29, 1.82) is 0 Å². The van der Waals surface area contributed by atoms with Crippen LogP contribution in [0.5, 0.6) is 5.75 Å². The Morgan fingerprint density at radius 1 is 1.50 bits per heavy atom. The molecule has 4 nitrogen and oxygen atoms in total. The van der Waals surface area contributed by atoms with Crippen molar-refractivity contribution < 1.29 is 14.6 Å². The number of aromatic nitrogens is 1. The highest BCUT2D eigenvalue weighted by atomic mass is 35.5. The second-order valence-corrected chi connectivity index (χ2v) is 5.69. The van der Waals surface area contributed by atoms with Crippen molar-refractivity contribution in [3.05, 3.63) is 44.9 Å². The van der Waals surface area contributed by atoms with E-state index >= 15 is 0 Å². The van der Waals surface area contributed by atoms with Crippen LogP contribution in [0.15, 0.2) is 23.6 Å². The van der Waals surface area contributed by atoms with Crippen molar-refractivity contribution in [3.8, 4) is 5.75 Å². The van der Waals surface area contributed by atoms with Gasteiger partial charge in [-0.2, -0.15) is 0 Å². The lowest BCUT2D eigenvalue weighted by Gasteiger charge is -2.08. The van der Waals surface area contributed by atoms with Gasteiger partial charge in [0, 0.05) is 16.8 Å². The first-order valence-electron chi connectivity index (χ1n) is 6.08. The van der Waals surface area contributed by atoms with Gasteiger partial charge in [-0.1, -0.05) is 11.6 Å². The molecule has 0 bridgehead atoms. The van der Waals surface area contributed by atoms with Gasteiger partial charge in [0.15, 0.2) is 0 Å². The summed E-state index contributed by atoms with van der Waals surface area (Å²) in [7, 11) is 0. The molecular formula is C14H14ClNO3S. The first-order chi connectivity index (χ1) is 9.54. The second kappa shape index (κ2) is 6.72. The zero-order chi connectivity index (χ0) is 14.5. The highest BCUT2D eigenvalue weighted by Gasteiger charge is 2.07. The highest BCUT2D eigenvalue weighted by Crippen LogP contribution is 2.22. The fourth-order valence-corrected chi connectivity index (χ4v) is 2.73. The summed E-state index contributed by atoms with van der Waals surface area (Å²) in [6.45, 7) is 2.44. The van der Waals surface area contributed by atoms with Crippen LogP contribution in [-0.2, 0) is 17.6 Å². The van der Waals surface area contributed by atoms with Gasteiger partial charge in [0.25, 0.3) is 0 Å². The molecule has 0 spiro atoms. The Morgan fingerprint density at radius 2 is 2.30 bits per heavy atom. The predicted octanol–water partition coefficient (Wildman–Crippen LogP) is 3.35. The summed E-state index contributed by atoms with van der Waals surface area (Å²) in [5.41, 5.74) is 1.59. The van der Waals surface area contributed by atoms with Crippen LogP contribution in [0.25, 0.3) is 0 Å². The number of hydrogen-bond acceptors (Lipinski definition) is 4. The third kappa shape index (κ3) is 4.21. The number of hydrogen-bond donors (Lipinski definition) is 1. The topological polar surface area (TPSA) is 59.4 Å². The van der Waals surface area contributed by atoms with E-state index in [0.29, 0.717) is 23.7 Å². The molecule has 0 saturated heterocycles. The maximum absolute atomic E-state index is 10.6. The molecule has 106 valence electrons. The van der Waals surface area contributed by atoms with E-state index in [0.717, 1.165) is 16.3 Å². The molecule has 2 aromatic rings. The van der Waals surface area contributed by atoms with Gasteiger partial charge in [0.05, 0.1) is 23.7 Å². The van der Waals surface area contributed by atoms with Crippen molar-refractivity contribution in [3.63, 3.8) is 0 Å². The van der Waals surface area contributed by atoms with Gasteiger partial charge in [-0.15, -0.1) is 11.3 Å². The van der Waals surface area contributed by atoms with Crippen LogP contribution in [0.3, 0.4) is 0 Å². The van der Waals surface area contributed by atoms with Gasteiger partial charge >= 0.3 is 5.97 Å². The van der Waals surface area contributed by atoms with E-state index in [9.17, 15) is 4.79 Å². The molecule has 0 aliphatic rings. The summed E-state index contributed by atoms with van der Waals surface area (Å²) >= 11 is 7.34. The Morgan fingerprint density at radius 3 is 3.00 bits per heavy atom. The number of halogens is 1. The molecule has 2 rings (SSSR count). The minimum Gasteiger partial charge on any atom is -0.493 e. The Kier molecular flexibility index (Phi) is 4.98. The molecule has 6 heteroatoms. The number of thiazole rings is 1. The Labute approximate surface area is 126 Å². The average Bonchev–Trinajstić information content (AvgIpc) is 2.79. The minimum atomic E-state index is -0.866. The molecule has 0 aliphatic heterocycles. The largest absolute Gasteiger partial charge is 0.493 e. The number of carbonyl (C=O) groups is 1. The SMILES string of the molecule is Cc1cc(Cl)ccc1OCCc1nc(CC(=O)O)cs1. The van der Waals surface area contributed by atoms with Crippen molar-refractivity contribution in [2.24, 2.45) is 0 Å². The van der Waals surface area contributed by atoms with E-state index in [1.807, 2.05) is 19.1 Å². The summed E-state index contributed by atoms with van der Waals surface area (Å²) in [5.74, 6) is -0.0633. The van der Waals surface area contributed by atoms with E-state index in [4.69, 9.17) is 21.4 Å². The van der Waals surface area contributed by atoms with Gasteiger partial charge in [0.1, 0.15) is 5.75 Å². The van der Waals surface area contributed by atoms with Gasteiger partial charge in [0.2, 0.25) is 0 Å². The molecule has 1 N–H and O–H groups in total. The molecular weight excluding hydrogens is 298 g/mol. The van der Waals surface area contributed by atoms with Crippen LogP contribution in [0.4, 0.5) is 0 Å². The number of carboxylic acids is 1. The standard InChI is InChI=1S/C14H14ClNO3S/c1-9-6-10(15)2-3-12(9)19-5-4-13-16-11(8-20-13)7-14(17)18/h2-3,6,8H,4-5,7H2,1H3,(H,17,18). The molecule has 0 saturated carbocycles. The Bertz CT molecular complexity index is 612. The van der Waals surface area contributed by atoms with E-state index in [2.05, 4.69) is 4.98 Å². The average molecular weight is 312 g/mol. The van der Waals surface area contributed by atoms with E-state index in [-0.39, 0.29) is 6.42 Å². The Balaban J connectivity index is 1.86. The third-order valence-electron chi connectivity index (χ3n) is 2.64. The first kappa shape index (κ1) is 14.8. The van der Waals surface area contributed by atoms with Crippen LogP contribution in [-0.4, -0.2) is 22.7 Å². The van der Waals surface area contributed by atoms with Crippen LogP contribution in [0.1, 0.15) is 16.3 Å². The molecule has 1 aromatic carbocycles. The van der Waals surface area contributed by atoms with E-state index in [1.54, 1.807) is 11.4 Å². The lowest BCUT2D eigenvalue weighted by atomic mass is 10.2. The zero-order valence-corrected chi connectivity index (χ0v) is 12.5.